The van der Waals surface area contributed by atoms with Gasteiger partial charge in [-0.1, -0.05) is 36.4 Å². The summed E-state index contributed by atoms with van der Waals surface area (Å²) in [7, 11) is -1.46. The van der Waals surface area contributed by atoms with E-state index < -0.39 is 10.0 Å². The maximum Gasteiger partial charge on any atom is 0.243 e. The summed E-state index contributed by atoms with van der Waals surface area (Å²) in [4.78, 5) is 2.65. The molecule has 4 rings (SSSR count). The third-order valence-corrected chi connectivity index (χ3v) is 7.55. The van der Waals surface area contributed by atoms with E-state index in [-0.39, 0.29) is 6.04 Å². The SMILES string of the molecule is CN1CCN(S(=O)(=O)c2ccc3c(c2)CCCC3)C(c2ccccc2)C1. The van der Waals surface area contributed by atoms with Crippen LogP contribution in [0.15, 0.2) is 53.4 Å². The number of nitrogens with zero attached hydrogens (tertiary/aromatic N) is 2. The van der Waals surface area contributed by atoms with Crippen molar-refractivity contribution in [2.45, 2.75) is 36.6 Å². The Morgan fingerprint density at radius 2 is 1.65 bits per heavy atom. The Labute approximate surface area is 156 Å². The van der Waals surface area contributed by atoms with E-state index in [9.17, 15) is 8.42 Å². The second kappa shape index (κ2) is 7.14. The monoisotopic (exact) mass is 370 g/mol. The highest BCUT2D eigenvalue weighted by Crippen LogP contribution is 2.32. The Morgan fingerprint density at radius 1 is 0.923 bits per heavy atom. The van der Waals surface area contributed by atoms with Crippen molar-refractivity contribution in [3.05, 3.63) is 65.2 Å². The van der Waals surface area contributed by atoms with Crippen LogP contribution in [0.2, 0.25) is 0 Å². The summed E-state index contributed by atoms with van der Waals surface area (Å²) in [6, 6.07) is 15.6. The van der Waals surface area contributed by atoms with Crippen molar-refractivity contribution in [3.8, 4) is 0 Å². The van der Waals surface area contributed by atoms with Crippen LogP contribution in [0.1, 0.15) is 35.6 Å². The summed E-state index contributed by atoms with van der Waals surface area (Å²) in [6.45, 7) is 2.00. The minimum atomic E-state index is -3.51. The smallest absolute Gasteiger partial charge is 0.243 e. The molecule has 1 aliphatic carbocycles. The average Bonchev–Trinajstić information content (AvgIpc) is 2.68. The Bertz CT molecular complexity index is 880. The number of sulfonamides is 1. The molecule has 1 aliphatic heterocycles. The first-order valence-corrected chi connectivity index (χ1v) is 10.9. The van der Waals surface area contributed by atoms with E-state index in [0.29, 0.717) is 18.0 Å². The average molecular weight is 371 g/mol. The summed E-state index contributed by atoms with van der Waals surface area (Å²) in [5, 5.41) is 0. The molecule has 1 fully saturated rings. The fourth-order valence-electron chi connectivity index (χ4n) is 4.14. The predicted molar refractivity (Wildman–Crippen MR) is 104 cm³/mol. The van der Waals surface area contributed by atoms with Crippen molar-refractivity contribution < 1.29 is 8.42 Å². The maximum atomic E-state index is 13.5. The fraction of sp³-hybridized carbons (Fsp3) is 0.429. The molecule has 2 aromatic rings. The second-order valence-electron chi connectivity index (χ2n) is 7.44. The van der Waals surface area contributed by atoms with Gasteiger partial charge in [-0.25, -0.2) is 8.42 Å². The Hall–Kier alpha value is -1.69. The topological polar surface area (TPSA) is 40.6 Å². The summed E-state index contributed by atoms with van der Waals surface area (Å²) in [5.41, 5.74) is 3.58. The van der Waals surface area contributed by atoms with Crippen LogP contribution in [0.5, 0.6) is 0 Å². The molecule has 5 heteroatoms. The van der Waals surface area contributed by atoms with E-state index in [1.54, 1.807) is 10.4 Å². The van der Waals surface area contributed by atoms with E-state index >= 15 is 0 Å². The molecular formula is C21H26N2O2S. The molecule has 1 saturated heterocycles. The first kappa shape index (κ1) is 17.7. The molecule has 2 aromatic carbocycles. The van der Waals surface area contributed by atoms with Crippen molar-refractivity contribution in [2.24, 2.45) is 0 Å². The zero-order chi connectivity index (χ0) is 18.1. The number of benzene rings is 2. The number of likely N-dealkylation sites (N-methyl/N-ethyl adjacent to an activating group) is 1. The minimum Gasteiger partial charge on any atom is -0.303 e. The second-order valence-corrected chi connectivity index (χ2v) is 9.33. The number of fused-ring (bicyclic) bond motifs is 1. The van der Waals surface area contributed by atoms with Crippen molar-refractivity contribution in [1.82, 2.24) is 9.21 Å². The van der Waals surface area contributed by atoms with Gasteiger partial charge in [0.25, 0.3) is 0 Å². The van der Waals surface area contributed by atoms with Gasteiger partial charge in [-0.15, -0.1) is 0 Å². The summed E-state index contributed by atoms with van der Waals surface area (Å²) in [5.74, 6) is 0. The molecule has 1 atom stereocenters. The molecular weight excluding hydrogens is 344 g/mol. The number of hydrogen-bond acceptors (Lipinski definition) is 3. The van der Waals surface area contributed by atoms with Gasteiger partial charge >= 0.3 is 0 Å². The van der Waals surface area contributed by atoms with Crippen molar-refractivity contribution >= 4 is 10.0 Å². The van der Waals surface area contributed by atoms with Crippen LogP contribution in [-0.2, 0) is 22.9 Å². The highest BCUT2D eigenvalue weighted by Gasteiger charge is 2.36. The van der Waals surface area contributed by atoms with Crippen LogP contribution in [0.3, 0.4) is 0 Å². The van der Waals surface area contributed by atoms with Crippen molar-refractivity contribution in [3.63, 3.8) is 0 Å². The number of piperazine rings is 1. The van der Waals surface area contributed by atoms with Crippen molar-refractivity contribution in [1.29, 1.82) is 0 Å². The molecule has 2 aliphatic rings. The van der Waals surface area contributed by atoms with E-state index in [2.05, 4.69) is 11.9 Å². The Morgan fingerprint density at radius 3 is 2.42 bits per heavy atom. The molecule has 0 radical (unpaired) electrons. The first-order valence-electron chi connectivity index (χ1n) is 9.43. The molecule has 4 nitrogen and oxygen atoms in total. The van der Waals surface area contributed by atoms with Gasteiger partial charge in [0, 0.05) is 19.6 Å². The minimum absolute atomic E-state index is 0.143. The first-order chi connectivity index (χ1) is 12.6. The Balaban J connectivity index is 1.71. The molecule has 0 saturated carbocycles. The predicted octanol–water partition coefficient (Wildman–Crippen LogP) is 3.24. The summed E-state index contributed by atoms with van der Waals surface area (Å²) >= 11 is 0. The van der Waals surface area contributed by atoms with Gasteiger partial charge in [-0.3, -0.25) is 0 Å². The lowest BCUT2D eigenvalue weighted by Crippen LogP contribution is -2.49. The molecule has 0 N–H and O–H groups in total. The molecule has 0 aromatic heterocycles. The van der Waals surface area contributed by atoms with Crippen LogP contribution in [0, 0.1) is 0 Å². The quantitative estimate of drug-likeness (QED) is 0.833. The number of aryl methyl sites for hydroxylation is 2. The fourth-order valence-corrected chi connectivity index (χ4v) is 5.79. The van der Waals surface area contributed by atoms with E-state index in [0.717, 1.165) is 31.4 Å². The van der Waals surface area contributed by atoms with Gasteiger partial charge in [-0.2, -0.15) is 4.31 Å². The van der Waals surface area contributed by atoms with E-state index in [1.165, 1.54) is 17.5 Å². The largest absolute Gasteiger partial charge is 0.303 e. The molecule has 26 heavy (non-hydrogen) atoms. The van der Waals surface area contributed by atoms with Crippen LogP contribution in [0.4, 0.5) is 0 Å². The number of hydrogen-bond donors (Lipinski definition) is 0. The van der Waals surface area contributed by atoms with E-state index in [4.69, 9.17) is 0 Å². The highest BCUT2D eigenvalue weighted by atomic mass is 32.2. The van der Waals surface area contributed by atoms with Gasteiger partial charge in [0.1, 0.15) is 0 Å². The van der Waals surface area contributed by atoms with Crippen LogP contribution in [0.25, 0.3) is 0 Å². The van der Waals surface area contributed by atoms with Gasteiger partial charge in [0.2, 0.25) is 10.0 Å². The lowest BCUT2D eigenvalue weighted by atomic mass is 9.92. The maximum absolute atomic E-state index is 13.5. The zero-order valence-electron chi connectivity index (χ0n) is 15.3. The van der Waals surface area contributed by atoms with Crippen LogP contribution >= 0.6 is 0 Å². The molecule has 138 valence electrons. The van der Waals surface area contributed by atoms with Crippen LogP contribution in [-0.4, -0.2) is 44.3 Å². The lowest BCUT2D eigenvalue weighted by Gasteiger charge is -2.39. The lowest BCUT2D eigenvalue weighted by molar-refractivity contribution is 0.160. The van der Waals surface area contributed by atoms with Gasteiger partial charge < -0.3 is 4.90 Å². The number of rotatable bonds is 3. The van der Waals surface area contributed by atoms with Crippen molar-refractivity contribution in [2.75, 3.05) is 26.7 Å². The normalized spacial score (nSPS) is 22.1. The molecule has 1 heterocycles. The highest BCUT2D eigenvalue weighted by molar-refractivity contribution is 7.89. The Kier molecular flexibility index (Phi) is 4.86. The zero-order valence-corrected chi connectivity index (χ0v) is 16.1. The molecule has 0 bridgehead atoms. The third-order valence-electron chi connectivity index (χ3n) is 5.65. The standard InChI is InChI=1S/C21H26N2O2S/c1-22-13-14-23(21(16-22)18-8-3-2-4-9-18)26(24,25)20-12-11-17-7-5-6-10-19(17)15-20/h2-4,8-9,11-12,15,21H,5-7,10,13-14,16H2,1H3. The molecule has 0 spiro atoms. The van der Waals surface area contributed by atoms with Gasteiger partial charge in [-0.05, 0) is 61.6 Å². The third kappa shape index (κ3) is 3.31. The van der Waals surface area contributed by atoms with Gasteiger partial charge in [0.15, 0.2) is 0 Å². The van der Waals surface area contributed by atoms with Crippen LogP contribution < -0.4 is 0 Å². The summed E-state index contributed by atoms with van der Waals surface area (Å²) in [6.07, 6.45) is 4.41. The summed E-state index contributed by atoms with van der Waals surface area (Å²) < 4.78 is 28.6. The van der Waals surface area contributed by atoms with Gasteiger partial charge in [0.05, 0.1) is 10.9 Å². The molecule has 1 unspecified atom stereocenters. The van der Waals surface area contributed by atoms with E-state index in [1.807, 2.05) is 42.5 Å². The molecule has 0 amide bonds.